The Bertz CT molecular complexity index is 315. The number of ether oxygens (including phenoxy) is 2. The van der Waals surface area contributed by atoms with Crippen molar-refractivity contribution in [3.05, 3.63) is 30.3 Å². The first-order valence-electron chi connectivity index (χ1n) is 5.78. The van der Waals surface area contributed by atoms with Crippen LogP contribution in [0.3, 0.4) is 0 Å². The van der Waals surface area contributed by atoms with E-state index in [9.17, 15) is 0 Å². The van der Waals surface area contributed by atoms with Gasteiger partial charge in [0.1, 0.15) is 18.0 Å². The quantitative estimate of drug-likeness (QED) is 0.772. The number of hydrogen-bond acceptors (Lipinski definition) is 2. The fourth-order valence-corrected chi connectivity index (χ4v) is 2.64. The van der Waals surface area contributed by atoms with Gasteiger partial charge in [0.2, 0.25) is 0 Å². The van der Waals surface area contributed by atoms with Crippen molar-refractivity contribution in [3.63, 3.8) is 0 Å². The average Bonchev–Trinajstić information content (AvgIpc) is 2.30. The molecule has 0 heterocycles. The van der Waals surface area contributed by atoms with Crippen molar-refractivity contribution >= 4 is 15.9 Å². The van der Waals surface area contributed by atoms with Gasteiger partial charge in [0.05, 0.1) is 0 Å². The molecule has 1 aromatic rings. The smallest absolute Gasteiger partial charge is 0.127 e. The van der Waals surface area contributed by atoms with Gasteiger partial charge in [-0.05, 0) is 18.6 Å². The summed E-state index contributed by atoms with van der Waals surface area (Å²) in [5.41, 5.74) is 0. The summed E-state index contributed by atoms with van der Waals surface area (Å²) < 4.78 is 11.6. The zero-order chi connectivity index (χ0) is 11.4. The average molecular weight is 285 g/mol. The minimum atomic E-state index is 0.193. The molecule has 0 N–H and O–H groups in total. The van der Waals surface area contributed by atoms with Crippen LogP contribution in [-0.4, -0.2) is 23.6 Å². The highest BCUT2D eigenvalue weighted by atomic mass is 79.9. The summed E-state index contributed by atoms with van der Waals surface area (Å²) in [6.07, 6.45) is 2.45. The fraction of sp³-hybridized carbons (Fsp3) is 0.538. The summed E-state index contributed by atoms with van der Waals surface area (Å²) in [4.78, 5) is 0.438. The van der Waals surface area contributed by atoms with Gasteiger partial charge in [0.25, 0.3) is 0 Å². The number of rotatable bonds is 5. The van der Waals surface area contributed by atoms with Gasteiger partial charge in [-0.3, -0.25) is 0 Å². The number of benzene rings is 1. The van der Waals surface area contributed by atoms with Gasteiger partial charge in [-0.1, -0.05) is 41.1 Å². The van der Waals surface area contributed by atoms with E-state index < -0.39 is 0 Å². The second kappa shape index (κ2) is 5.69. The third-order valence-electron chi connectivity index (χ3n) is 2.73. The second-order valence-electron chi connectivity index (χ2n) is 4.06. The Morgan fingerprint density at radius 1 is 1.31 bits per heavy atom. The van der Waals surface area contributed by atoms with Gasteiger partial charge in [0, 0.05) is 17.9 Å². The van der Waals surface area contributed by atoms with E-state index in [1.807, 2.05) is 30.3 Å². The molecule has 3 heteroatoms. The Labute approximate surface area is 105 Å². The molecule has 88 valence electrons. The van der Waals surface area contributed by atoms with Crippen LogP contribution in [0, 0.1) is 0 Å². The lowest BCUT2D eigenvalue weighted by atomic mass is 9.91. The van der Waals surface area contributed by atoms with Gasteiger partial charge >= 0.3 is 0 Å². The van der Waals surface area contributed by atoms with E-state index in [2.05, 4.69) is 22.9 Å². The van der Waals surface area contributed by atoms with Crippen LogP contribution >= 0.6 is 15.9 Å². The molecular weight excluding hydrogens is 268 g/mol. The maximum absolute atomic E-state index is 5.88. The van der Waals surface area contributed by atoms with Crippen molar-refractivity contribution in [2.75, 3.05) is 6.61 Å². The predicted molar refractivity (Wildman–Crippen MR) is 68.2 cm³/mol. The molecule has 0 aliphatic heterocycles. The van der Waals surface area contributed by atoms with Crippen molar-refractivity contribution in [1.82, 2.24) is 0 Å². The Morgan fingerprint density at radius 2 is 2.06 bits per heavy atom. The molecule has 1 fully saturated rings. The van der Waals surface area contributed by atoms with E-state index in [1.54, 1.807) is 0 Å². The number of halogens is 1. The third-order valence-corrected chi connectivity index (χ3v) is 3.62. The molecule has 2 rings (SSSR count). The summed E-state index contributed by atoms with van der Waals surface area (Å²) in [7, 11) is 0. The van der Waals surface area contributed by atoms with E-state index in [0.29, 0.717) is 4.83 Å². The van der Waals surface area contributed by atoms with Crippen molar-refractivity contribution in [1.29, 1.82) is 0 Å². The molecule has 1 aromatic carbocycles. The first-order valence-corrected chi connectivity index (χ1v) is 6.70. The van der Waals surface area contributed by atoms with Crippen LogP contribution in [0.4, 0.5) is 0 Å². The summed E-state index contributed by atoms with van der Waals surface area (Å²) in [6.45, 7) is 2.93. The lowest BCUT2D eigenvalue weighted by molar-refractivity contribution is -0.0762. The summed E-state index contributed by atoms with van der Waals surface area (Å²) in [5, 5.41) is 0. The summed E-state index contributed by atoms with van der Waals surface area (Å²) in [5.74, 6) is 0.928. The van der Waals surface area contributed by atoms with Gasteiger partial charge in [-0.2, -0.15) is 0 Å². The van der Waals surface area contributed by atoms with E-state index in [0.717, 1.165) is 25.2 Å². The van der Waals surface area contributed by atoms with Crippen molar-refractivity contribution in [3.8, 4) is 5.75 Å². The molecule has 1 aliphatic carbocycles. The van der Waals surface area contributed by atoms with Crippen molar-refractivity contribution < 1.29 is 9.47 Å². The molecule has 0 bridgehead atoms. The molecule has 0 aromatic heterocycles. The Hall–Kier alpha value is -0.540. The van der Waals surface area contributed by atoms with E-state index in [-0.39, 0.29) is 12.2 Å². The van der Waals surface area contributed by atoms with Crippen LogP contribution in [0.25, 0.3) is 0 Å². The number of alkyl halides is 1. The molecule has 1 aliphatic rings. The fourth-order valence-electron chi connectivity index (χ4n) is 1.78. The molecule has 0 spiro atoms. The monoisotopic (exact) mass is 284 g/mol. The topological polar surface area (TPSA) is 18.5 Å². The minimum absolute atomic E-state index is 0.193. The first-order chi connectivity index (χ1) is 7.81. The van der Waals surface area contributed by atoms with Crippen molar-refractivity contribution in [2.45, 2.75) is 36.8 Å². The maximum Gasteiger partial charge on any atom is 0.127 e. The van der Waals surface area contributed by atoms with Crippen LogP contribution in [0.1, 0.15) is 19.8 Å². The minimum Gasteiger partial charge on any atom is -0.488 e. The predicted octanol–water partition coefficient (Wildman–Crippen LogP) is 3.40. The van der Waals surface area contributed by atoms with Crippen LogP contribution in [0.5, 0.6) is 5.75 Å². The van der Waals surface area contributed by atoms with Crippen LogP contribution in [-0.2, 0) is 4.74 Å². The Kier molecular flexibility index (Phi) is 4.24. The first kappa shape index (κ1) is 11.9. The summed E-state index contributed by atoms with van der Waals surface area (Å²) in [6, 6.07) is 9.94. The van der Waals surface area contributed by atoms with Gasteiger partial charge in [-0.15, -0.1) is 0 Å². The lowest BCUT2D eigenvalue weighted by Crippen LogP contribution is -2.52. The van der Waals surface area contributed by atoms with Gasteiger partial charge < -0.3 is 9.47 Å². The summed E-state index contributed by atoms with van der Waals surface area (Å²) >= 11 is 3.61. The van der Waals surface area contributed by atoms with Crippen LogP contribution < -0.4 is 4.74 Å². The highest BCUT2D eigenvalue weighted by Crippen LogP contribution is 2.34. The lowest BCUT2D eigenvalue weighted by Gasteiger charge is -2.40. The van der Waals surface area contributed by atoms with E-state index in [1.165, 1.54) is 0 Å². The Morgan fingerprint density at radius 3 is 2.69 bits per heavy atom. The third kappa shape index (κ3) is 2.77. The van der Waals surface area contributed by atoms with Crippen LogP contribution in [0.15, 0.2) is 30.3 Å². The molecule has 2 nitrogen and oxygen atoms in total. The van der Waals surface area contributed by atoms with E-state index in [4.69, 9.17) is 9.47 Å². The molecule has 1 saturated carbocycles. The molecule has 16 heavy (non-hydrogen) atoms. The normalized spacial score (nSPS) is 28.5. The Balaban J connectivity index is 1.86. The maximum atomic E-state index is 5.88. The molecular formula is C13H17BrO2. The number of hydrogen-bond donors (Lipinski definition) is 0. The molecule has 3 atom stereocenters. The zero-order valence-corrected chi connectivity index (χ0v) is 11.0. The van der Waals surface area contributed by atoms with E-state index >= 15 is 0 Å². The number of para-hydroxylation sites is 1. The largest absolute Gasteiger partial charge is 0.488 e. The molecule has 0 radical (unpaired) electrons. The molecule has 3 unspecified atom stereocenters. The van der Waals surface area contributed by atoms with Crippen LogP contribution in [0.2, 0.25) is 0 Å². The van der Waals surface area contributed by atoms with Gasteiger partial charge in [0.15, 0.2) is 0 Å². The highest BCUT2D eigenvalue weighted by Gasteiger charge is 2.42. The zero-order valence-electron chi connectivity index (χ0n) is 9.43. The SMILES string of the molecule is CCCOC1C(Br)CC1Oc1ccccc1. The van der Waals surface area contributed by atoms with Gasteiger partial charge in [-0.25, -0.2) is 0 Å². The second-order valence-corrected chi connectivity index (χ2v) is 5.23. The molecule has 0 saturated heterocycles. The standard InChI is InChI=1S/C13H17BrO2/c1-2-8-15-13-11(14)9-12(13)16-10-6-4-3-5-7-10/h3-7,11-13H,2,8-9H2,1H3. The molecule has 0 amide bonds. The highest BCUT2D eigenvalue weighted by molar-refractivity contribution is 9.09. The van der Waals surface area contributed by atoms with Crippen molar-refractivity contribution in [2.24, 2.45) is 0 Å².